The third kappa shape index (κ3) is 1.36. The fourth-order valence-electron chi connectivity index (χ4n) is 0.778. The van der Waals surface area contributed by atoms with E-state index in [0.29, 0.717) is 0 Å². The molecule has 0 aromatic carbocycles. The second-order valence-corrected chi connectivity index (χ2v) is 2.02. The Morgan fingerprint density at radius 3 is 2.86 bits per heavy atom. The topological polar surface area (TPSA) is 12.0 Å². The molecule has 1 heterocycles. The number of nitrogens with one attached hydrogen (secondary N) is 1. The fourth-order valence-corrected chi connectivity index (χ4v) is 0.778. The lowest BCUT2D eigenvalue weighted by Crippen LogP contribution is -2.21. The lowest BCUT2D eigenvalue weighted by molar-refractivity contribution is 0.721. The summed E-state index contributed by atoms with van der Waals surface area (Å²) in [6.07, 6.45) is 3.50. The van der Waals surface area contributed by atoms with E-state index in [0.717, 1.165) is 13.1 Å². The largest absolute Gasteiger partial charge is 0.314 e. The second kappa shape index (κ2) is 2.17. The van der Waals surface area contributed by atoms with Gasteiger partial charge in [0.05, 0.1) is 0 Å². The van der Waals surface area contributed by atoms with Crippen LogP contribution in [0.5, 0.6) is 0 Å². The van der Waals surface area contributed by atoms with E-state index in [1.807, 2.05) is 0 Å². The van der Waals surface area contributed by atoms with Crippen molar-refractivity contribution in [2.24, 2.45) is 0 Å². The Morgan fingerprint density at radius 2 is 2.57 bits per heavy atom. The van der Waals surface area contributed by atoms with Gasteiger partial charge in [0, 0.05) is 6.54 Å². The van der Waals surface area contributed by atoms with Gasteiger partial charge in [0.2, 0.25) is 0 Å². The molecule has 0 aromatic rings. The van der Waals surface area contributed by atoms with Gasteiger partial charge in [0.25, 0.3) is 0 Å². The Bertz CT molecular complexity index is 88.1. The van der Waals surface area contributed by atoms with Crippen molar-refractivity contribution in [1.29, 1.82) is 0 Å². The first-order chi connectivity index (χ1) is 3.39. The van der Waals surface area contributed by atoms with Crippen molar-refractivity contribution in [2.75, 3.05) is 13.1 Å². The van der Waals surface area contributed by atoms with Gasteiger partial charge in [-0.3, -0.25) is 0 Å². The molecular formula is C5H10BN. The standard InChI is InChI=1S/C5H10BN/c6-5-2-1-3-7-4-5/h2,7H,1,3-4,6H2. The highest BCUT2D eigenvalue weighted by molar-refractivity contribution is 6.21. The van der Waals surface area contributed by atoms with Gasteiger partial charge in [0.15, 0.2) is 0 Å². The van der Waals surface area contributed by atoms with Crippen LogP contribution in [0.4, 0.5) is 0 Å². The minimum atomic E-state index is 1.10. The van der Waals surface area contributed by atoms with Gasteiger partial charge >= 0.3 is 0 Å². The molecule has 0 aromatic heterocycles. The van der Waals surface area contributed by atoms with Gasteiger partial charge in [-0.2, -0.15) is 0 Å². The molecule has 0 saturated heterocycles. The van der Waals surface area contributed by atoms with E-state index in [2.05, 4.69) is 19.2 Å². The Morgan fingerprint density at radius 1 is 1.71 bits per heavy atom. The Labute approximate surface area is 45.2 Å². The summed E-state index contributed by atoms with van der Waals surface area (Å²) in [5.41, 5.74) is 1.48. The predicted molar refractivity (Wildman–Crippen MR) is 34.1 cm³/mol. The van der Waals surface area contributed by atoms with Crippen molar-refractivity contribution >= 4 is 7.85 Å². The Balaban J connectivity index is 2.40. The van der Waals surface area contributed by atoms with Gasteiger partial charge in [-0.1, -0.05) is 6.08 Å². The van der Waals surface area contributed by atoms with Crippen molar-refractivity contribution < 1.29 is 0 Å². The summed E-state index contributed by atoms with van der Waals surface area (Å²) in [7, 11) is 2.16. The molecule has 0 amide bonds. The average Bonchev–Trinajstić information content (AvgIpc) is 1.69. The first-order valence-electron chi connectivity index (χ1n) is 2.76. The van der Waals surface area contributed by atoms with Crippen LogP contribution in [0.3, 0.4) is 0 Å². The molecule has 1 nitrogen and oxygen atoms in total. The SMILES string of the molecule is BC1=CCCNC1. The molecule has 1 aliphatic rings. The summed E-state index contributed by atoms with van der Waals surface area (Å²) < 4.78 is 0. The van der Waals surface area contributed by atoms with Crippen LogP contribution in [0, 0.1) is 0 Å². The van der Waals surface area contributed by atoms with Crippen LogP contribution < -0.4 is 5.32 Å². The monoisotopic (exact) mass is 95.1 g/mol. The molecular weight excluding hydrogens is 84.9 g/mol. The first-order valence-corrected chi connectivity index (χ1v) is 2.76. The summed E-state index contributed by atoms with van der Waals surface area (Å²) in [4.78, 5) is 0. The third-order valence-electron chi connectivity index (χ3n) is 1.22. The molecule has 38 valence electrons. The molecule has 0 unspecified atom stereocenters. The normalized spacial score (nSPS) is 21.4. The van der Waals surface area contributed by atoms with Crippen LogP contribution in [-0.2, 0) is 0 Å². The quantitative estimate of drug-likeness (QED) is 0.400. The van der Waals surface area contributed by atoms with Crippen LogP contribution >= 0.6 is 0 Å². The Hall–Kier alpha value is -0.235. The van der Waals surface area contributed by atoms with E-state index in [1.165, 1.54) is 11.9 Å². The summed E-state index contributed by atoms with van der Waals surface area (Å²) in [5, 5.41) is 3.27. The van der Waals surface area contributed by atoms with Crippen molar-refractivity contribution in [3.8, 4) is 0 Å². The van der Waals surface area contributed by atoms with Gasteiger partial charge < -0.3 is 5.32 Å². The first kappa shape index (κ1) is 4.91. The minimum Gasteiger partial charge on any atom is -0.314 e. The molecule has 0 aliphatic carbocycles. The highest BCUT2D eigenvalue weighted by Gasteiger charge is 1.93. The van der Waals surface area contributed by atoms with E-state index in [9.17, 15) is 0 Å². The second-order valence-electron chi connectivity index (χ2n) is 2.02. The number of hydrogen-bond donors (Lipinski definition) is 1. The van der Waals surface area contributed by atoms with Gasteiger partial charge in [-0.15, -0.1) is 5.47 Å². The van der Waals surface area contributed by atoms with Crippen LogP contribution in [0.15, 0.2) is 11.5 Å². The Kier molecular flexibility index (Phi) is 1.52. The van der Waals surface area contributed by atoms with E-state index < -0.39 is 0 Å². The van der Waals surface area contributed by atoms with Gasteiger partial charge in [0.1, 0.15) is 7.85 Å². The highest BCUT2D eigenvalue weighted by atomic mass is 14.8. The maximum atomic E-state index is 3.27. The summed E-state index contributed by atoms with van der Waals surface area (Å²) >= 11 is 0. The van der Waals surface area contributed by atoms with E-state index in [4.69, 9.17) is 0 Å². The molecule has 0 bridgehead atoms. The summed E-state index contributed by atoms with van der Waals surface area (Å²) in [6.45, 7) is 2.26. The zero-order chi connectivity index (χ0) is 5.11. The molecule has 0 radical (unpaired) electrons. The van der Waals surface area contributed by atoms with Crippen molar-refractivity contribution in [3.63, 3.8) is 0 Å². The third-order valence-corrected chi connectivity index (χ3v) is 1.22. The molecule has 2 heteroatoms. The highest BCUT2D eigenvalue weighted by Crippen LogP contribution is 1.93. The van der Waals surface area contributed by atoms with E-state index in [1.54, 1.807) is 0 Å². The van der Waals surface area contributed by atoms with Crippen LogP contribution in [0.2, 0.25) is 0 Å². The molecule has 0 spiro atoms. The van der Waals surface area contributed by atoms with E-state index in [-0.39, 0.29) is 0 Å². The predicted octanol–water partition coefficient (Wildman–Crippen LogP) is -0.503. The zero-order valence-corrected chi connectivity index (χ0v) is 4.70. The van der Waals surface area contributed by atoms with E-state index >= 15 is 0 Å². The minimum absolute atomic E-state index is 1.10. The maximum Gasteiger partial charge on any atom is 0.135 e. The molecule has 1 rings (SSSR count). The zero-order valence-electron chi connectivity index (χ0n) is 4.70. The molecule has 1 aliphatic heterocycles. The number of hydrogen-bond acceptors (Lipinski definition) is 1. The molecule has 0 saturated carbocycles. The van der Waals surface area contributed by atoms with Gasteiger partial charge in [-0.05, 0) is 13.0 Å². The smallest absolute Gasteiger partial charge is 0.135 e. The van der Waals surface area contributed by atoms with Gasteiger partial charge in [-0.25, -0.2) is 0 Å². The fraction of sp³-hybridized carbons (Fsp3) is 0.600. The number of rotatable bonds is 0. The van der Waals surface area contributed by atoms with Crippen molar-refractivity contribution in [2.45, 2.75) is 6.42 Å². The van der Waals surface area contributed by atoms with Crippen LogP contribution in [0.25, 0.3) is 0 Å². The molecule has 1 N–H and O–H groups in total. The molecule has 0 fully saturated rings. The lowest BCUT2D eigenvalue weighted by Gasteiger charge is -2.08. The van der Waals surface area contributed by atoms with Crippen LogP contribution in [0.1, 0.15) is 6.42 Å². The van der Waals surface area contributed by atoms with Crippen molar-refractivity contribution in [3.05, 3.63) is 11.5 Å². The summed E-state index contributed by atoms with van der Waals surface area (Å²) in [5.74, 6) is 0. The van der Waals surface area contributed by atoms with Crippen LogP contribution in [-0.4, -0.2) is 20.9 Å². The maximum absolute atomic E-state index is 3.27. The molecule has 0 atom stereocenters. The average molecular weight is 95.0 g/mol. The lowest BCUT2D eigenvalue weighted by atomic mass is 9.93. The molecule has 7 heavy (non-hydrogen) atoms. The summed E-state index contributed by atoms with van der Waals surface area (Å²) in [6, 6.07) is 0. The van der Waals surface area contributed by atoms with Crippen molar-refractivity contribution in [1.82, 2.24) is 5.32 Å².